The van der Waals surface area contributed by atoms with Gasteiger partial charge in [0.15, 0.2) is 5.65 Å². The number of carboxylic acids is 1. The van der Waals surface area contributed by atoms with E-state index in [4.69, 9.17) is 0 Å². The Bertz CT molecular complexity index is 1510. The number of fused-ring (bicyclic) bond motifs is 1. The summed E-state index contributed by atoms with van der Waals surface area (Å²) >= 11 is 0. The summed E-state index contributed by atoms with van der Waals surface area (Å²) in [5.74, 6) is -1.10. The Hall–Kier alpha value is -4.81. The fraction of sp³-hybridized carbons (Fsp3) is 0.292. The number of aromatic nitrogens is 5. The molecule has 0 saturated carbocycles. The van der Waals surface area contributed by atoms with Crippen molar-refractivity contribution >= 4 is 34.6 Å². The molecule has 1 atom stereocenters. The molecule has 13 nitrogen and oxygen atoms in total. The van der Waals surface area contributed by atoms with Crippen LogP contribution >= 0.6 is 0 Å². The number of imidazole rings is 1. The SMILES string of the molecule is CCN(CC)c1ncc([N+](=O)[O-])c(N[C@@H](Cc2ccc(-n3c(=O)n(C)c4cccnc43)cc2)C(=O)O)n1. The summed E-state index contributed by atoms with van der Waals surface area (Å²) in [5.41, 5.74) is 1.74. The Morgan fingerprint density at radius 1 is 1.19 bits per heavy atom. The highest BCUT2D eigenvalue weighted by Crippen LogP contribution is 2.25. The third-order valence-electron chi connectivity index (χ3n) is 6.06. The molecule has 0 unspecified atom stereocenters. The minimum atomic E-state index is -1.20. The largest absolute Gasteiger partial charge is 0.480 e. The number of pyridine rings is 1. The van der Waals surface area contributed by atoms with Crippen LogP contribution < -0.4 is 15.9 Å². The molecular formula is C24H26N8O5. The van der Waals surface area contributed by atoms with Crippen LogP contribution in [0.5, 0.6) is 0 Å². The zero-order chi connectivity index (χ0) is 26.7. The van der Waals surface area contributed by atoms with Crippen LogP contribution in [0.25, 0.3) is 16.9 Å². The summed E-state index contributed by atoms with van der Waals surface area (Å²) in [4.78, 5) is 50.1. The van der Waals surface area contributed by atoms with E-state index < -0.39 is 22.6 Å². The molecular weight excluding hydrogens is 480 g/mol. The van der Waals surface area contributed by atoms with Crippen molar-refractivity contribution in [2.75, 3.05) is 23.3 Å². The van der Waals surface area contributed by atoms with Crippen LogP contribution in [0.3, 0.4) is 0 Å². The van der Waals surface area contributed by atoms with Crippen molar-refractivity contribution in [3.8, 4) is 5.69 Å². The van der Waals surface area contributed by atoms with Crippen LogP contribution in [0.15, 0.2) is 53.6 Å². The number of benzene rings is 1. The van der Waals surface area contributed by atoms with E-state index in [0.29, 0.717) is 35.5 Å². The van der Waals surface area contributed by atoms with Crippen molar-refractivity contribution in [2.24, 2.45) is 7.05 Å². The fourth-order valence-electron chi connectivity index (χ4n) is 4.05. The maximum atomic E-state index is 12.8. The third kappa shape index (κ3) is 4.96. The lowest BCUT2D eigenvalue weighted by molar-refractivity contribution is -0.384. The van der Waals surface area contributed by atoms with Crippen LogP contribution in [0, 0.1) is 10.1 Å². The highest BCUT2D eigenvalue weighted by Gasteiger charge is 2.25. The zero-order valence-electron chi connectivity index (χ0n) is 20.5. The van der Waals surface area contributed by atoms with Gasteiger partial charge in [-0.1, -0.05) is 12.1 Å². The Morgan fingerprint density at radius 2 is 1.89 bits per heavy atom. The summed E-state index contributed by atoms with van der Waals surface area (Å²) in [6.45, 7) is 4.95. The second-order valence-electron chi connectivity index (χ2n) is 8.26. The van der Waals surface area contributed by atoms with Crippen molar-refractivity contribution in [3.63, 3.8) is 0 Å². The average Bonchev–Trinajstić information content (AvgIpc) is 3.14. The molecule has 0 radical (unpaired) electrons. The molecule has 192 valence electrons. The minimum Gasteiger partial charge on any atom is -0.480 e. The second-order valence-corrected chi connectivity index (χ2v) is 8.26. The third-order valence-corrected chi connectivity index (χ3v) is 6.06. The maximum absolute atomic E-state index is 12.8. The molecule has 13 heteroatoms. The number of hydrogen-bond donors (Lipinski definition) is 2. The van der Waals surface area contributed by atoms with E-state index in [9.17, 15) is 24.8 Å². The lowest BCUT2D eigenvalue weighted by Crippen LogP contribution is -2.33. The molecule has 0 aliphatic rings. The maximum Gasteiger partial charge on any atom is 0.334 e. The van der Waals surface area contributed by atoms with Crippen LogP contribution in [0.2, 0.25) is 0 Å². The molecule has 0 aliphatic carbocycles. The van der Waals surface area contributed by atoms with E-state index in [1.165, 1.54) is 9.13 Å². The average molecular weight is 507 g/mol. The molecule has 0 fully saturated rings. The van der Waals surface area contributed by atoms with E-state index in [2.05, 4.69) is 20.3 Å². The number of nitro groups is 1. The minimum absolute atomic E-state index is 0.0139. The van der Waals surface area contributed by atoms with Gasteiger partial charge in [-0.15, -0.1) is 0 Å². The molecule has 4 rings (SSSR count). The standard InChI is InChI=1S/C24H26N8O5/c1-4-30(5-2)23-26-14-19(32(36)37)20(28-23)27-17(22(33)34)13-15-8-10-16(11-9-15)31-21-18(7-6-12-25-21)29(3)24(31)35/h6-12,14,17H,4-5,13H2,1-3H3,(H,33,34)(H,26,27,28)/t17-/m0/s1. The highest BCUT2D eigenvalue weighted by atomic mass is 16.6. The molecule has 1 aromatic carbocycles. The number of aryl methyl sites for hydroxylation is 1. The molecule has 4 aromatic rings. The van der Waals surface area contributed by atoms with Crippen LogP contribution in [0.1, 0.15) is 19.4 Å². The topological polar surface area (TPSA) is 161 Å². The quantitative estimate of drug-likeness (QED) is 0.241. The Balaban J connectivity index is 1.62. The molecule has 37 heavy (non-hydrogen) atoms. The molecule has 3 heterocycles. The van der Waals surface area contributed by atoms with Crippen LogP contribution in [-0.2, 0) is 18.3 Å². The highest BCUT2D eigenvalue weighted by molar-refractivity contribution is 5.79. The summed E-state index contributed by atoms with van der Waals surface area (Å²) in [5, 5.41) is 24.1. The molecule has 0 bridgehead atoms. The van der Waals surface area contributed by atoms with Gasteiger partial charge in [0.05, 0.1) is 16.1 Å². The van der Waals surface area contributed by atoms with Gasteiger partial charge in [0, 0.05) is 32.8 Å². The van der Waals surface area contributed by atoms with Gasteiger partial charge in [-0.3, -0.25) is 14.7 Å². The van der Waals surface area contributed by atoms with E-state index in [-0.39, 0.29) is 23.9 Å². The Morgan fingerprint density at radius 3 is 2.51 bits per heavy atom. The van der Waals surface area contributed by atoms with Crippen LogP contribution in [-0.4, -0.2) is 59.2 Å². The number of nitrogens with zero attached hydrogens (tertiary/aromatic N) is 7. The van der Waals surface area contributed by atoms with Gasteiger partial charge in [-0.2, -0.15) is 4.98 Å². The summed E-state index contributed by atoms with van der Waals surface area (Å²) in [7, 11) is 1.66. The summed E-state index contributed by atoms with van der Waals surface area (Å²) in [6.07, 6.45) is 2.69. The molecule has 3 aromatic heterocycles. The van der Waals surface area contributed by atoms with Crippen molar-refractivity contribution in [1.29, 1.82) is 0 Å². The lowest BCUT2D eigenvalue weighted by atomic mass is 10.1. The van der Waals surface area contributed by atoms with Crippen molar-refractivity contribution in [1.82, 2.24) is 24.1 Å². The zero-order valence-corrected chi connectivity index (χ0v) is 20.5. The normalized spacial score (nSPS) is 11.9. The molecule has 2 N–H and O–H groups in total. The van der Waals surface area contributed by atoms with Crippen LogP contribution in [0.4, 0.5) is 17.5 Å². The first-order chi connectivity index (χ1) is 17.7. The van der Waals surface area contributed by atoms with Crippen molar-refractivity contribution < 1.29 is 14.8 Å². The monoisotopic (exact) mass is 506 g/mol. The Kier molecular flexibility index (Phi) is 7.13. The Labute approximate surface area is 211 Å². The second kappa shape index (κ2) is 10.4. The van der Waals surface area contributed by atoms with Gasteiger partial charge in [0.2, 0.25) is 11.8 Å². The number of carboxylic acid groups (broad SMARTS) is 1. The van der Waals surface area contributed by atoms with Gasteiger partial charge < -0.3 is 15.3 Å². The number of rotatable bonds is 10. The predicted molar refractivity (Wildman–Crippen MR) is 137 cm³/mol. The van der Waals surface area contributed by atoms with Crippen molar-refractivity contribution in [2.45, 2.75) is 26.3 Å². The molecule has 0 spiro atoms. The summed E-state index contributed by atoms with van der Waals surface area (Å²) in [6, 6.07) is 9.17. The smallest absolute Gasteiger partial charge is 0.334 e. The first-order valence-corrected chi connectivity index (χ1v) is 11.6. The molecule has 0 aliphatic heterocycles. The van der Waals surface area contributed by atoms with E-state index >= 15 is 0 Å². The summed E-state index contributed by atoms with van der Waals surface area (Å²) < 4.78 is 2.98. The number of nitrogens with one attached hydrogen (secondary N) is 1. The first-order valence-electron chi connectivity index (χ1n) is 11.6. The number of anilines is 2. The first kappa shape index (κ1) is 25.3. The fourth-order valence-corrected chi connectivity index (χ4v) is 4.05. The van der Waals surface area contributed by atoms with Gasteiger partial charge in [0.1, 0.15) is 12.2 Å². The van der Waals surface area contributed by atoms with Gasteiger partial charge in [0.25, 0.3) is 0 Å². The molecule has 0 amide bonds. The van der Waals surface area contributed by atoms with E-state index in [1.54, 1.807) is 54.5 Å². The van der Waals surface area contributed by atoms with E-state index in [0.717, 1.165) is 6.20 Å². The number of hydrogen-bond acceptors (Lipinski definition) is 9. The van der Waals surface area contributed by atoms with Gasteiger partial charge >= 0.3 is 17.3 Å². The van der Waals surface area contributed by atoms with E-state index in [1.807, 2.05) is 13.8 Å². The lowest BCUT2D eigenvalue weighted by Gasteiger charge is -2.20. The van der Waals surface area contributed by atoms with Crippen molar-refractivity contribution in [3.05, 3.63) is 75.0 Å². The van der Waals surface area contributed by atoms with Gasteiger partial charge in [-0.25, -0.2) is 24.1 Å². The number of carbonyl (C=O) groups is 1. The van der Waals surface area contributed by atoms with Gasteiger partial charge in [-0.05, 0) is 43.7 Å². The predicted octanol–water partition coefficient (Wildman–Crippen LogP) is 2.38. The number of aliphatic carboxylic acids is 1. The molecule has 0 saturated heterocycles.